The summed E-state index contributed by atoms with van der Waals surface area (Å²) < 4.78 is 35.2. The fourth-order valence-corrected chi connectivity index (χ4v) is 5.02. The number of methoxy groups -OCH3 is 2. The minimum Gasteiger partial charge on any atom is -0.497 e. The SMILES string of the molecule is COc1ccc(CO[C@@H]2[C@@H](O)[C@@H]3CO[C@@H](c4ccccc4)O[C@H]3[C@H](OCc3ccc(OC)cc3)[C@H]2O)cc1. The molecule has 1 aliphatic heterocycles. The van der Waals surface area contributed by atoms with Crippen LogP contribution in [0.4, 0.5) is 0 Å². The molecule has 0 spiro atoms. The van der Waals surface area contributed by atoms with Gasteiger partial charge in [0.2, 0.25) is 0 Å². The van der Waals surface area contributed by atoms with Gasteiger partial charge in [-0.2, -0.15) is 0 Å². The van der Waals surface area contributed by atoms with Gasteiger partial charge in [-0.15, -0.1) is 0 Å². The van der Waals surface area contributed by atoms with Crippen LogP contribution in [-0.2, 0) is 32.2 Å². The first-order valence-corrected chi connectivity index (χ1v) is 12.7. The molecule has 8 heteroatoms. The summed E-state index contributed by atoms with van der Waals surface area (Å²) >= 11 is 0. The third-order valence-electron chi connectivity index (χ3n) is 7.19. The Balaban J connectivity index is 1.34. The smallest absolute Gasteiger partial charge is 0.184 e. The standard InChI is InChI=1S/C30H34O8/c1-33-22-12-8-19(9-13-22)16-35-28-25(31)24-18-37-30(21-6-4-3-5-7-21)38-27(24)29(26(28)32)36-17-20-10-14-23(34-2)15-11-20/h3-15,24-32H,16-18H2,1-2H3/t24-,25-,26-,27+,28+,29+,30+/m0/s1. The maximum atomic E-state index is 11.4. The van der Waals surface area contributed by atoms with E-state index in [1.165, 1.54) is 0 Å². The number of aliphatic hydroxyl groups excluding tert-OH is 2. The van der Waals surface area contributed by atoms with Crippen molar-refractivity contribution in [3.05, 3.63) is 95.6 Å². The van der Waals surface area contributed by atoms with E-state index in [0.717, 1.165) is 28.2 Å². The zero-order valence-electron chi connectivity index (χ0n) is 21.5. The Morgan fingerprint density at radius 1 is 0.711 bits per heavy atom. The molecule has 1 saturated carbocycles. The van der Waals surface area contributed by atoms with Gasteiger partial charge >= 0.3 is 0 Å². The number of hydrogen-bond donors (Lipinski definition) is 2. The Labute approximate surface area is 222 Å². The van der Waals surface area contributed by atoms with Crippen LogP contribution in [0.3, 0.4) is 0 Å². The molecule has 3 aromatic rings. The number of ether oxygens (including phenoxy) is 6. The van der Waals surface area contributed by atoms with Crippen molar-refractivity contribution in [3.63, 3.8) is 0 Å². The van der Waals surface area contributed by atoms with E-state index >= 15 is 0 Å². The summed E-state index contributed by atoms with van der Waals surface area (Å²) in [7, 11) is 3.23. The molecular weight excluding hydrogens is 488 g/mol. The van der Waals surface area contributed by atoms with Crippen molar-refractivity contribution >= 4 is 0 Å². The molecular formula is C30H34O8. The minimum atomic E-state index is -1.13. The molecule has 3 aromatic carbocycles. The average Bonchev–Trinajstić information content (AvgIpc) is 2.98. The topological polar surface area (TPSA) is 95.8 Å². The Bertz CT molecular complexity index is 1140. The second-order valence-electron chi connectivity index (χ2n) is 9.57. The fourth-order valence-electron chi connectivity index (χ4n) is 5.02. The van der Waals surface area contributed by atoms with Gasteiger partial charge in [-0.05, 0) is 35.4 Å². The van der Waals surface area contributed by atoms with Crippen LogP contribution in [-0.4, -0.2) is 61.6 Å². The van der Waals surface area contributed by atoms with E-state index in [4.69, 9.17) is 28.4 Å². The molecule has 8 nitrogen and oxygen atoms in total. The lowest BCUT2D eigenvalue weighted by molar-refractivity contribution is -0.324. The number of fused-ring (bicyclic) bond motifs is 1. The van der Waals surface area contributed by atoms with Crippen molar-refractivity contribution in [2.75, 3.05) is 20.8 Å². The van der Waals surface area contributed by atoms with Gasteiger partial charge < -0.3 is 38.6 Å². The molecule has 2 N–H and O–H groups in total. The van der Waals surface area contributed by atoms with Crippen LogP contribution in [0.5, 0.6) is 11.5 Å². The van der Waals surface area contributed by atoms with Crippen molar-refractivity contribution < 1.29 is 38.6 Å². The van der Waals surface area contributed by atoms with E-state index < -0.39 is 42.7 Å². The van der Waals surface area contributed by atoms with Gasteiger partial charge in [-0.1, -0.05) is 54.6 Å². The van der Waals surface area contributed by atoms with Crippen molar-refractivity contribution in [2.24, 2.45) is 5.92 Å². The molecule has 0 radical (unpaired) electrons. The number of aliphatic hydroxyl groups is 2. The van der Waals surface area contributed by atoms with Crippen LogP contribution in [0, 0.1) is 5.92 Å². The van der Waals surface area contributed by atoms with E-state index in [-0.39, 0.29) is 19.8 Å². The molecule has 0 amide bonds. The molecule has 2 fully saturated rings. The Kier molecular flexibility index (Phi) is 8.58. The van der Waals surface area contributed by atoms with Crippen LogP contribution in [0.15, 0.2) is 78.9 Å². The van der Waals surface area contributed by atoms with Gasteiger partial charge in [-0.3, -0.25) is 0 Å². The lowest BCUT2D eigenvalue weighted by Gasteiger charge is -2.50. The number of rotatable bonds is 9. The monoisotopic (exact) mass is 522 g/mol. The quantitative estimate of drug-likeness (QED) is 0.440. The van der Waals surface area contributed by atoms with Crippen LogP contribution >= 0.6 is 0 Å². The van der Waals surface area contributed by atoms with Crippen molar-refractivity contribution in [1.29, 1.82) is 0 Å². The first-order chi connectivity index (χ1) is 18.6. The predicted molar refractivity (Wildman–Crippen MR) is 139 cm³/mol. The van der Waals surface area contributed by atoms with Gasteiger partial charge in [0.25, 0.3) is 0 Å². The van der Waals surface area contributed by atoms with Gasteiger partial charge in [0.1, 0.15) is 29.8 Å². The zero-order valence-corrected chi connectivity index (χ0v) is 21.5. The molecule has 1 saturated heterocycles. The van der Waals surface area contributed by atoms with Gasteiger partial charge in [0, 0.05) is 11.5 Å². The summed E-state index contributed by atoms with van der Waals surface area (Å²) in [6, 6.07) is 24.6. The molecule has 1 heterocycles. The Morgan fingerprint density at radius 3 is 1.82 bits per heavy atom. The highest BCUT2D eigenvalue weighted by molar-refractivity contribution is 5.27. The van der Waals surface area contributed by atoms with Crippen molar-refractivity contribution in [1.82, 2.24) is 0 Å². The van der Waals surface area contributed by atoms with E-state index in [1.807, 2.05) is 78.9 Å². The van der Waals surface area contributed by atoms with Crippen molar-refractivity contribution in [2.45, 2.75) is 50.0 Å². The first kappa shape index (κ1) is 26.6. The summed E-state index contributed by atoms with van der Waals surface area (Å²) in [6.45, 7) is 0.694. The largest absolute Gasteiger partial charge is 0.497 e. The second kappa shape index (κ2) is 12.3. The summed E-state index contributed by atoms with van der Waals surface area (Å²) in [5.41, 5.74) is 2.67. The predicted octanol–water partition coefficient (Wildman–Crippen LogP) is 3.64. The minimum absolute atomic E-state index is 0.208. The summed E-state index contributed by atoms with van der Waals surface area (Å²) in [5, 5.41) is 22.7. The van der Waals surface area contributed by atoms with Gasteiger partial charge in [0.15, 0.2) is 6.29 Å². The fraction of sp³-hybridized carbons (Fsp3) is 0.400. The maximum Gasteiger partial charge on any atom is 0.184 e. The van der Waals surface area contributed by atoms with Crippen LogP contribution < -0.4 is 9.47 Å². The lowest BCUT2D eigenvalue weighted by atomic mass is 9.77. The summed E-state index contributed by atoms with van der Waals surface area (Å²) in [5.74, 6) is 1.05. The van der Waals surface area contributed by atoms with Crippen molar-refractivity contribution in [3.8, 4) is 11.5 Å². The normalized spacial score (nSPS) is 28.9. The summed E-state index contributed by atoms with van der Waals surface area (Å²) in [6.07, 6.45) is -5.00. The third-order valence-corrected chi connectivity index (χ3v) is 7.19. The van der Waals surface area contributed by atoms with Crippen LogP contribution in [0.1, 0.15) is 23.0 Å². The Hall–Kier alpha value is -2.98. The Morgan fingerprint density at radius 2 is 1.26 bits per heavy atom. The van der Waals surface area contributed by atoms with Gasteiger partial charge in [0.05, 0.1) is 46.2 Å². The maximum absolute atomic E-state index is 11.4. The van der Waals surface area contributed by atoms with Crippen LogP contribution in [0.2, 0.25) is 0 Å². The molecule has 38 heavy (non-hydrogen) atoms. The van der Waals surface area contributed by atoms with E-state index in [2.05, 4.69) is 0 Å². The molecule has 2 aliphatic rings. The molecule has 7 atom stereocenters. The second-order valence-corrected chi connectivity index (χ2v) is 9.57. The lowest BCUT2D eigenvalue weighted by Crippen LogP contribution is -2.65. The average molecular weight is 523 g/mol. The van der Waals surface area contributed by atoms with E-state index in [1.54, 1.807) is 14.2 Å². The summed E-state index contributed by atoms with van der Waals surface area (Å²) in [4.78, 5) is 0. The first-order valence-electron chi connectivity index (χ1n) is 12.7. The zero-order chi connectivity index (χ0) is 26.5. The van der Waals surface area contributed by atoms with Crippen LogP contribution in [0.25, 0.3) is 0 Å². The highest BCUT2D eigenvalue weighted by Gasteiger charge is 2.54. The number of benzene rings is 3. The molecule has 5 rings (SSSR count). The van der Waals surface area contributed by atoms with Gasteiger partial charge in [-0.25, -0.2) is 0 Å². The molecule has 1 aliphatic carbocycles. The molecule has 0 aromatic heterocycles. The number of hydrogen-bond acceptors (Lipinski definition) is 8. The molecule has 202 valence electrons. The van der Waals surface area contributed by atoms with E-state index in [9.17, 15) is 10.2 Å². The molecule has 0 unspecified atom stereocenters. The highest BCUT2D eigenvalue weighted by atomic mass is 16.7. The third kappa shape index (κ3) is 5.86. The molecule has 0 bridgehead atoms. The van der Waals surface area contributed by atoms with E-state index in [0.29, 0.717) is 0 Å². The highest BCUT2D eigenvalue weighted by Crippen LogP contribution is 2.40.